The molecule has 104 valence electrons. The van der Waals surface area contributed by atoms with Crippen LogP contribution in [0.5, 0.6) is 0 Å². The lowest BCUT2D eigenvalue weighted by atomic mass is 9.80. The molecule has 18 heavy (non-hydrogen) atoms. The average molecular weight is 255 g/mol. The summed E-state index contributed by atoms with van der Waals surface area (Å²) in [5.74, 6) is 0.659. The molecule has 4 nitrogen and oxygen atoms in total. The Bertz CT molecular complexity index is 291. The summed E-state index contributed by atoms with van der Waals surface area (Å²) in [7, 11) is 0. The van der Waals surface area contributed by atoms with E-state index in [9.17, 15) is 4.79 Å². The molecule has 0 radical (unpaired) electrons. The van der Waals surface area contributed by atoms with Crippen molar-refractivity contribution >= 4 is 5.97 Å². The highest BCUT2D eigenvalue weighted by molar-refractivity contribution is 5.73. The Kier molecular flexibility index (Phi) is 4.62. The molecular weight excluding hydrogens is 230 g/mol. The van der Waals surface area contributed by atoms with Crippen molar-refractivity contribution in [3.8, 4) is 0 Å². The van der Waals surface area contributed by atoms with E-state index in [1.807, 2.05) is 0 Å². The van der Waals surface area contributed by atoms with Crippen LogP contribution in [0, 0.1) is 11.8 Å². The summed E-state index contributed by atoms with van der Waals surface area (Å²) in [4.78, 5) is 11.1. The molecule has 0 heterocycles. The van der Waals surface area contributed by atoms with Gasteiger partial charge in [0.15, 0.2) is 0 Å². The van der Waals surface area contributed by atoms with Crippen LogP contribution in [0.1, 0.15) is 46.0 Å². The van der Waals surface area contributed by atoms with Crippen LogP contribution in [0.15, 0.2) is 0 Å². The molecule has 4 unspecified atom stereocenters. The largest absolute Gasteiger partial charge is 0.480 e. The van der Waals surface area contributed by atoms with E-state index in [1.54, 1.807) is 0 Å². The Morgan fingerprint density at radius 3 is 2.56 bits per heavy atom. The quantitative estimate of drug-likeness (QED) is 0.762. The van der Waals surface area contributed by atoms with Gasteiger partial charge in [-0.3, -0.25) is 10.1 Å². The molecule has 4 heteroatoms. The maximum atomic E-state index is 11.1. The van der Waals surface area contributed by atoms with Gasteiger partial charge in [0, 0.05) is 6.04 Å². The summed E-state index contributed by atoms with van der Waals surface area (Å²) < 4.78 is 5.81. The Hall–Kier alpha value is -0.610. The van der Waals surface area contributed by atoms with Crippen LogP contribution in [0.3, 0.4) is 0 Å². The highest BCUT2D eigenvalue weighted by Crippen LogP contribution is 2.31. The normalized spacial score (nSPS) is 34.2. The summed E-state index contributed by atoms with van der Waals surface area (Å²) in [5, 5.41) is 12.3. The van der Waals surface area contributed by atoms with E-state index in [0.717, 1.165) is 31.6 Å². The zero-order chi connectivity index (χ0) is 13.1. The molecule has 0 aliphatic heterocycles. The number of rotatable bonds is 6. The summed E-state index contributed by atoms with van der Waals surface area (Å²) in [6.45, 7) is 4.85. The minimum absolute atomic E-state index is 0.249. The molecule has 2 rings (SSSR count). The zero-order valence-corrected chi connectivity index (χ0v) is 11.4. The third-order valence-electron chi connectivity index (χ3n) is 4.36. The number of nitrogens with one attached hydrogen (secondary N) is 1. The number of carbonyl (C=O) groups is 1. The maximum absolute atomic E-state index is 11.1. The van der Waals surface area contributed by atoms with Crippen LogP contribution < -0.4 is 5.32 Å². The van der Waals surface area contributed by atoms with Gasteiger partial charge < -0.3 is 9.84 Å². The van der Waals surface area contributed by atoms with Crippen LogP contribution in [0.25, 0.3) is 0 Å². The van der Waals surface area contributed by atoms with Gasteiger partial charge in [-0.2, -0.15) is 0 Å². The van der Waals surface area contributed by atoms with Crippen LogP contribution in [0.4, 0.5) is 0 Å². The summed E-state index contributed by atoms with van der Waals surface area (Å²) in [5.41, 5.74) is 0. The highest BCUT2D eigenvalue weighted by atomic mass is 16.5. The number of carboxylic acids is 1. The monoisotopic (exact) mass is 255 g/mol. The first kappa shape index (κ1) is 13.8. The van der Waals surface area contributed by atoms with E-state index in [4.69, 9.17) is 9.84 Å². The van der Waals surface area contributed by atoms with Crippen molar-refractivity contribution < 1.29 is 14.6 Å². The van der Waals surface area contributed by atoms with Crippen molar-refractivity contribution in [1.82, 2.24) is 5.32 Å². The first-order chi connectivity index (χ1) is 8.56. The second kappa shape index (κ2) is 6.02. The van der Waals surface area contributed by atoms with Gasteiger partial charge in [-0.1, -0.05) is 13.8 Å². The number of carboxylic acid groups (broad SMARTS) is 1. The molecule has 0 spiro atoms. The van der Waals surface area contributed by atoms with Crippen molar-refractivity contribution in [3.05, 3.63) is 0 Å². The predicted octanol–water partition coefficient (Wildman–Crippen LogP) is 2.03. The Morgan fingerprint density at radius 1 is 1.28 bits per heavy atom. The number of hydrogen-bond acceptors (Lipinski definition) is 3. The van der Waals surface area contributed by atoms with Crippen LogP contribution in [0.2, 0.25) is 0 Å². The third-order valence-corrected chi connectivity index (χ3v) is 4.36. The van der Waals surface area contributed by atoms with Gasteiger partial charge in [-0.15, -0.1) is 0 Å². The standard InChI is InChI=1S/C14H25NO3/c1-9-3-6-12(7-10(9)2)18-8-13(14(16)17)15-11-4-5-11/h9-13,15H,3-8H2,1-2H3,(H,16,17). The fourth-order valence-corrected chi connectivity index (χ4v) is 2.61. The van der Waals surface area contributed by atoms with Gasteiger partial charge in [-0.05, 0) is 43.9 Å². The van der Waals surface area contributed by atoms with Crippen LogP contribution in [-0.4, -0.2) is 35.9 Å². The average Bonchev–Trinajstić information content (AvgIpc) is 3.12. The lowest BCUT2D eigenvalue weighted by Gasteiger charge is -2.32. The Morgan fingerprint density at radius 2 is 2.00 bits per heavy atom. The second-order valence-electron chi connectivity index (χ2n) is 6.05. The van der Waals surface area contributed by atoms with E-state index >= 15 is 0 Å². The fraction of sp³-hybridized carbons (Fsp3) is 0.929. The van der Waals surface area contributed by atoms with Crippen molar-refractivity contribution in [2.75, 3.05) is 6.61 Å². The van der Waals surface area contributed by atoms with Gasteiger partial charge in [0.05, 0.1) is 12.7 Å². The molecule has 2 saturated carbocycles. The van der Waals surface area contributed by atoms with Crippen molar-refractivity contribution in [3.63, 3.8) is 0 Å². The Labute approximate surface area is 109 Å². The molecule has 0 amide bonds. The van der Waals surface area contributed by atoms with Crippen LogP contribution in [-0.2, 0) is 9.53 Å². The van der Waals surface area contributed by atoms with Crippen molar-refractivity contribution in [1.29, 1.82) is 0 Å². The molecule has 0 aromatic carbocycles. The summed E-state index contributed by atoms with van der Waals surface area (Å²) in [6.07, 6.45) is 5.78. The van der Waals surface area contributed by atoms with Gasteiger partial charge >= 0.3 is 5.97 Å². The van der Waals surface area contributed by atoms with E-state index in [0.29, 0.717) is 18.6 Å². The van der Waals surface area contributed by atoms with E-state index < -0.39 is 12.0 Å². The van der Waals surface area contributed by atoms with Gasteiger partial charge in [0.2, 0.25) is 0 Å². The molecular formula is C14H25NO3. The predicted molar refractivity (Wildman–Crippen MR) is 69.5 cm³/mol. The van der Waals surface area contributed by atoms with Gasteiger partial charge in [-0.25, -0.2) is 0 Å². The maximum Gasteiger partial charge on any atom is 0.323 e. The topological polar surface area (TPSA) is 58.6 Å². The first-order valence-corrected chi connectivity index (χ1v) is 7.16. The highest BCUT2D eigenvalue weighted by Gasteiger charge is 2.30. The lowest BCUT2D eigenvalue weighted by Crippen LogP contribution is -2.43. The molecule has 0 bridgehead atoms. The summed E-state index contributed by atoms with van der Waals surface area (Å²) in [6, 6.07) is -0.132. The van der Waals surface area contributed by atoms with E-state index in [-0.39, 0.29) is 6.10 Å². The first-order valence-electron chi connectivity index (χ1n) is 7.16. The zero-order valence-electron chi connectivity index (χ0n) is 11.4. The SMILES string of the molecule is CC1CCC(OCC(NC2CC2)C(=O)O)CC1C. The second-order valence-corrected chi connectivity index (χ2v) is 6.05. The van der Waals surface area contributed by atoms with Crippen molar-refractivity contribution in [2.24, 2.45) is 11.8 Å². The molecule has 2 N–H and O–H groups in total. The minimum atomic E-state index is -0.792. The van der Waals surface area contributed by atoms with Gasteiger partial charge in [0.1, 0.15) is 6.04 Å². The minimum Gasteiger partial charge on any atom is -0.480 e. The Balaban J connectivity index is 1.73. The molecule has 2 fully saturated rings. The van der Waals surface area contributed by atoms with Crippen molar-refractivity contribution in [2.45, 2.75) is 64.1 Å². The molecule has 0 saturated heterocycles. The summed E-state index contributed by atoms with van der Waals surface area (Å²) >= 11 is 0. The molecule has 4 atom stereocenters. The van der Waals surface area contributed by atoms with E-state index in [2.05, 4.69) is 19.2 Å². The smallest absolute Gasteiger partial charge is 0.323 e. The van der Waals surface area contributed by atoms with Gasteiger partial charge in [0.25, 0.3) is 0 Å². The van der Waals surface area contributed by atoms with E-state index in [1.165, 1.54) is 6.42 Å². The number of ether oxygens (including phenoxy) is 1. The number of hydrogen-bond donors (Lipinski definition) is 2. The molecule has 2 aliphatic carbocycles. The number of aliphatic carboxylic acids is 1. The molecule has 2 aliphatic rings. The molecule has 0 aromatic heterocycles. The fourth-order valence-electron chi connectivity index (χ4n) is 2.61. The van der Waals surface area contributed by atoms with Crippen LogP contribution >= 0.6 is 0 Å². The lowest BCUT2D eigenvalue weighted by molar-refractivity contribution is -0.142. The third kappa shape index (κ3) is 3.95. The molecule has 0 aromatic rings.